The minimum Gasteiger partial charge on any atom is -0.496 e. The van der Waals surface area contributed by atoms with Crippen molar-refractivity contribution >= 4 is 23.3 Å². The molecule has 140 valence electrons. The summed E-state index contributed by atoms with van der Waals surface area (Å²) in [6.07, 6.45) is -0.0873. The van der Waals surface area contributed by atoms with Crippen LogP contribution in [-0.2, 0) is 14.3 Å². The molecule has 7 heteroatoms. The maximum Gasteiger partial charge on any atom is 0.311 e. The van der Waals surface area contributed by atoms with Crippen LogP contribution in [0.15, 0.2) is 48.5 Å². The molecule has 0 bridgehead atoms. The molecule has 0 unspecified atom stereocenters. The molecule has 3 rings (SSSR count). The summed E-state index contributed by atoms with van der Waals surface area (Å²) in [7, 11) is 1.44. The van der Waals surface area contributed by atoms with Crippen LogP contribution in [0, 0.1) is 11.7 Å². The monoisotopic (exact) mass is 371 g/mol. The lowest BCUT2D eigenvalue weighted by molar-refractivity contribution is -0.147. The third kappa shape index (κ3) is 3.97. The summed E-state index contributed by atoms with van der Waals surface area (Å²) in [6, 6.07) is 12.5. The zero-order valence-corrected chi connectivity index (χ0v) is 14.7. The summed E-state index contributed by atoms with van der Waals surface area (Å²) >= 11 is 0. The van der Waals surface area contributed by atoms with Crippen molar-refractivity contribution in [3.8, 4) is 5.75 Å². The molecular weight excluding hydrogens is 353 g/mol. The Morgan fingerprint density at radius 1 is 1.15 bits per heavy atom. The largest absolute Gasteiger partial charge is 0.496 e. The van der Waals surface area contributed by atoms with Crippen LogP contribution in [0.4, 0.5) is 10.1 Å². The number of rotatable bonds is 6. The number of ketones is 1. The number of hydrogen-bond acceptors (Lipinski definition) is 5. The molecule has 1 saturated heterocycles. The van der Waals surface area contributed by atoms with Gasteiger partial charge < -0.3 is 14.4 Å². The number of methoxy groups -OCH3 is 1. The Balaban J connectivity index is 1.61. The number of esters is 1. The first-order valence-electron chi connectivity index (χ1n) is 8.39. The average Bonchev–Trinajstić information content (AvgIpc) is 3.07. The minimum absolute atomic E-state index is 0.0153. The summed E-state index contributed by atoms with van der Waals surface area (Å²) in [6.45, 7) is -0.439. The van der Waals surface area contributed by atoms with Crippen LogP contribution in [-0.4, -0.2) is 37.9 Å². The Labute approximate surface area is 155 Å². The van der Waals surface area contributed by atoms with Gasteiger partial charge in [0.2, 0.25) is 11.7 Å². The predicted molar refractivity (Wildman–Crippen MR) is 95.1 cm³/mol. The SMILES string of the molecule is COc1ccccc1C(=O)COC(=O)[C@@H]1CC(=O)N(c2ccccc2F)C1. The second kappa shape index (κ2) is 7.99. The molecule has 0 radical (unpaired) electrons. The van der Waals surface area contributed by atoms with Gasteiger partial charge in [0.05, 0.1) is 24.3 Å². The molecule has 0 saturated carbocycles. The number of Topliss-reactive ketones (excluding diaryl/α,β-unsaturated/α-hetero) is 1. The van der Waals surface area contributed by atoms with Gasteiger partial charge in [-0.25, -0.2) is 4.39 Å². The number of carbonyl (C=O) groups excluding carboxylic acids is 3. The zero-order valence-electron chi connectivity index (χ0n) is 14.7. The Hall–Kier alpha value is -3.22. The Kier molecular flexibility index (Phi) is 5.49. The predicted octanol–water partition coefficient (Wildman–Crippen LogP) is 2.61. The smallest absolute Gasteiger partial charge is 0.311 e. The van der Waals surface area contributed by atoms with Crippen LogP contribution in [0.1, 0.15) is 16.8 Å². The van der Waals surface area contributed by atoms with Gasteiger partial charge in [-0.2, -0.15) is 0 Å². The van der Waals surface area contributed by atoms with Gasteiger partial charge in [-0.3, -0.25) is 14.4 Å². The number of amides is 1. The number of hydrogen-bond donors (Lipinski definition) is 0. The number of para-hydroxylation sites is 2. The molecule has 0 spiro atoms. The molecule has 27 heavy (non-hydrogen) atoms. The lowest BCUT2D eigenvalue weighted by Gasteiger charge is -2.17. The van der Waals surface area contributed by atoms with Crippen molar-refractivity contribution in [1.82, 2.24) is 0 Å². The maximum atomic E-state index is 13.9. The molecule has 2 aromatic rings. The van der Waals surface area contributed by atoms with Gasteiger partial charge in [0.1, 0.15) is 11.6 Å². The van der Waals surface area contributed by atoms with E-state index in [1.54, 1.807) is 30.3 Å². The van der Waals surface area contributed by atoms with E-state index in [9.17, 15) is 18.8 Å². The van der Waals surface area contributed by atoms with Crippen molar-refractivity contribution < 1.29 is 28.2 Å². The molecule has 1 aliphatic heterocycles. The van der Waals surface area contributed by atoms with E-state index in [0.717, 1.165) is 0 Å². The second-order valence-electron chi connectivity index (χ2n) is 6.09. The fourth-order valence-corrected chi connectivity index (χ4v) is 2.98. The van der Waals surface area contributed by atoms with E-state index in [4.69, 9.17) is 9.47 Å². The quantitative estimate of drug-likeness (QED) is 0.577. The summed E-state index contributed by atoms with van der Waals surface area (Å²) in [5.74, 6) is -2.33. The number of ether oxygens (including phenoxy) is 2. The normalized spacial score (nSPS) is 16.3. The van der Waals surface area contributed by atoms with Crippen LogP contribution < -0.4 is 9.64 Å². The Morgan fingerprint density at radius 2 is 1.85 bits per heavy atom. The zero-order chi connectivity index (χ0) is 19.4. The maximum absolute atomic E-state index is 13.9. The van der Waals surface area contributed by atoms with E-state index in [0.29, 0.717) is 11.3 Å². The Morgan fingerprint density at radius 3 is 2.59 bits per heavy atom. The number of nitrogens with zero attached hydrogens (tertiary/aromatic N) is 1. The van der Waals surface area contributed by atoms with E-state index in [1.807, 2.05) is 0 Å². The van der Waals surface area contributed by atoms with E-state index in [1.165, 1.54) is 30.2 Å². The van der Waals surface area contributed by atoms with Gasteiger partial charge in [0, 0.05) is 13.0 Å². The molecule has 1 aliphatic rings. The number of carbonyl (C=O) groups is 3. The lowest BCUT2D eigenvalue weighted by Crippen LogP contribution is -2.27. The summed E-state index contributed by atoms with van der Waals surface area (Å²) in [5, 5.41) is 0. The molecular formula is C20H18FNO5. The molecule has 2 aromatic carbocycles. The summed E-state index contributed by atoms with van der Waals surface area (Å²) < 4.78 is 24.1. The van der Waals surface area contributed by atoms with Gasteiger partial charge >= 0.3 is 5.97 Å². The standard InChI is InChI=1S/C20H18FNO5/c1-26-18-9-5-2-6-14(18)17(23)12-27-20(25)13-10-19(24)22(11-13)16-8-4-3-7-15(16)21/h2-9,13H,10-12H2,1H3/t13-/m1/s1. The van der Waals surface area contributed by atoms with Crippen molar-refractivity contribution in [2.24, 2.45) is 5.92 Å². The molecule has 0 N–H and O–H groups in total. The Bertz CT molecular complexity index is 882. The molecule has 0 aliphatic carbocycles. The highest BCUT2D eigenvalue weighted by atomic mass is 19.1. The average molecular weight is 371 g/mol. The van der Waals surface area contributed by atoms with E-state index < -0.39 is 30.1 Å². The van der Waals surface area contributed by atoms with Gasteiger partial charge in [0.25, 0.3) is 0 Å². The van der Waals surface area contributed by atoms with Crippen LogP contribution in [0.25, 0.3) is 0 Å². The third-order valence-corrected chi connectivity index (χ3v) is 4.35. The molecule has 1 heterocycles. The van der Waals surface area contributed by atoms with Crippen molar-refractivity contribution in [3.63, 3.8) is 0 Å². The molecule has 1 atom stereocenters. The molecule has 0 aromatic heterocycles. The van der Waals surface area contributed by atoms with Gasteiger partial charge in [0.15, 0.2) is 6.61 Å². The van der Waals surface area contributed by atoms with Gasteiger partial charge in [-0.1, -0.05) is 24.3 Å². The highest BCUT2D eigenvalue weighted by Gasteiger charge is 2.37. The van der Waals surface area contributed by atoms with Crippen LogP contribution in [0.3, 0.4) is 0 Å². The molecule has 1 amide bonds. The van der Waals surface area contributed by atoms with Crippen LogP contribution in [0.5, 0.6) is 5.75 Å². The number of anilines is 1. The first kappa shape index (κ1) is 18.6. The number of halogens is 1. The lowest BCUT2D eigenvalue weighted by atomic mass is 10.1. The van der Waals surface area contributed by atoms with Crippen LogP contribution >= 0.6 is 0 Å². The first-order valence-corrected chi connectivity index (χ1v) is 8.39. The molecule has 1 fully saturated rings. The van der Waals surface area contributed by atoms with Crippen molar-refractivity contribution in [3.05, 3.63) is 59.9 Å². The molecule has 6 nitrogen and oxygen atoms in total. The fourth-order valence-electron chi connectivity index (χ4n) is 2.98. The summed E-state index contributed by atoms with van der Waals surface area (Å²) in [5.41, 5.74) is 0.436. The fraction of sp³-hybridized carbons (Fsp3) is 0.250. The van der Waals surface area contributed by atoms with Crippen molar-refractivity contribution in [2.75, 3.05) is 25.2 Å². The van der Waals surface area contributed by atoms with Crippen molar-refractivity contribution in [2.45, 2.75) is 6.42 Å². The highest BCUT2D eigenvalue weighted by molar-refractivity contribution is 6.02. The van der Waals surface area contributed by atoms with E-state index in [2.05, 4.69) is 0 Å². The minimum atomic E-state index is -0.748. The van der Waals surface area contributed by atoms with Crippen LogP contribution in [0.2, 0.25) is 0 Å². The van der Waals surface area contributed by atoms with Gasteiger partial charge in [-0.15, -0.1) is 0 Å². The third-order valence-electron chi connectivity index (χ3n) is 4.35. The summed E-state index contributed by atoms with van der Waals surface area (Å²) in [4.78, 5) is 37.9. The van der Waals surface area contributed by atoms with Crippen molar-refractivity contribution in [1.29, 1.82) is 0 Å². The second-order valence-corrected chi connectivity index (χ2v) is 6.09. The van der Waals surface area contributed by atoms with Gasteiger partial charge in [-0.05, 0) is 24.3 Å². The topological polar surface area (TPSA) is 72.9 Å². The highest BCUT2D eigenvalue weighted by Crippen LogP contribution is 2.28. The number of benzene rings is 2. The van der Waals surface area contributed by atoms with E-state index in [-0.39, 0.29) is 24.6 Å². The first-order chi connectivity index (χ1) is 13.0. The van der Waals surface area contributed by atoms with E-state index >= 15 is 0 Å².